The van der Waals surface area contributed by atoms with Crippen LogP contribution in [0.2, 0.25) is 0 Å². The second-order valence-electron chi connectivity index (χ2n) is 14.6. The van der Waals surface area contributed by atoms with E-state index in [1.54, 1.807) is 42.5 Å². The third-order valence-corrected chi connectivity index (χ3v) is 9.82. The van der Waals surface area contributed by atoms with Crippen LogP contribution in [-0.4, -0.2) is 111 Å². The standard InChI is InChI=1S/2C20H28N4O4.CH2O3.2Na/c2*1-14-12-16(18-21-23-24(4)22-18)13-15(2)17(14)27-11-7-8-20(26-6)10-9-19(3,25-5)28-20;2-1(3)4;;/h2*9-10,12-13H,7-8,11H2,1-6H3;(H2,2,3,4);;/q;;;2*+1/p-2. The van der Waals surface area contributed by atoms with Crippen molar-refractivity contribution in [3.63, 3.8) is 0 Å². The summed E-state index contributed by atoms with van der Waals surface area (Å²) in [5, 5.41) is 41.1. The van der Waals surface area contributed by atoms with Gasteiger partial charge in [0.25, 0.3) is 0 Å². The van der Waals surface area contributed by atoms with Gasteiger partial charge in [0.1, 0.15) is 11.5 Å². The van der Waals surface area contributed by atoms with Crippen LogP contribution >= 0.6 is 0 Å². The zero-order valence-corrected chi connectivity index (χ0v) is 42.4. The van der Waals surface area contributed by atoms with Gasteiger partial charge in [-0.2, -0.15) is 9.59 Å². The molecule has 0 fully saturated rings. The zero-order chi connectivity index (χ0) is 44.3. The van der Waals surface area contributed by atoms with E-state index in [1.807, 2.05) is 90.1 Å². The fourth-order valence-corrected chi connectivity index (χ4v) is 6.69. The molecule has 4 aromatic rings. The van der Waals surface area contributed by atoms with Gasteiger partial charge in [0, 0.05) is 52.4 Å². The van der Waals surface area contributed by atoms with E-state index in [1.165, 1.54) is 9.59 Å². The van der Waals surface area contributed by atoms with Crippen LogP contribution in [0.25, 0.3) is 22.8 Å². The molecule has 0 saturated carbocycles. The van der Waals surface area contributed by atoms with Gasteiger partial charge in [-0.3, -0.25) is 0 Å². The Hall–Kier alpha value is -3.31. The number of methoxy groups -OCH3 is 4. The van der Waals surface area contributed by atoms with Crippen molar-refractivity contribution >= 4 is 6.16 Å². The molecule has 62 heavy (non-hydrogen) atoms. The van der Waals surface area contributed by atoms with Crippen molar-refractivity contribution in [1.82, 2.24) is 40.4 Å². The van der Waals surface area contributed by atoms with Gasteiger partial charge in [-0.1, -0.05) is 0 Å². The monoisotopic (exact) mass is 882 g/mol. The third kappa shape index (κ3) is 14.9. The number of ether oxygens (including phenoxy) is 8. The second kappa shape index (κ2) is 24.1. The molecule has 2 aliphatic rings. The van der Waals surface area contributed by atoms with E-state index in [-0.39, 0.29) is 59.1 Å². The molecule has 0 N–H and O–H groups in total. The number of nitrogens with zero attached hydrogens (tertiary/aromatic N) is 8. The molecule has 0 radical (unpaired) electrons. The van der Waals surface area contributed by atoms with E-state index >= 15 is 0 Å². The number of benzene rings is 2. The molecular formula is C41H56N8Na2O11. The molecule has 4 heterocycles. The third-order valence-electron chi connectivity index (χ3n) is 9.82. The van der Waals surface area contributed by atoms with E-state index < -0.39 is 29.3 Å². The van der Waals surface area contributed by atoms with E-state index in [0.717, 1.165) is 57.7 Å². The maximum atomic E-state index is 8.33. The van der Waals surface area contributed by atoms with Gasteiger partial charge < -0.3 is 52.9 Å². The summed E-state index contributed by atoms with van der Waals surface area (Å²) in [6, 6.07) is 8.07. The summed E-state index contributed by atoms with van der Waals surface area (Å²) < 4.78 is 46.0. The van der Waals surface area contributed by atoms with Gasteiger partial charge in [0.15, 0.2) is 23.1 Å². The molecule has 2 aromatic carbocycles. The Balaban J connectivity index is 0.000000381. The van der Waals surface area contributed by atoms with Crippen molar-refractivity contribution in [2.45, 2.75) is 90.4 Å². The number of rotatable bonds is 16. The van der Waals surface area contributed by atoms with Crippen LogP contribution in [0.5, 0.6) is 11.5 Å². The molecule has 2 aromatic heterocycles. The van der Waals surface area contributed by atoms with Gasteiger partial charge in [-0.15, -0.1) is 20.4 Å². The Kier molecular flexibility index (Phi) is 21.3. The minimum Gasteiger partial charge on any atom is -0.652 e. The van der Waals surface area contributed by atoms with Crippen LogP contribution in [0.15, 0.2) is 48.6 Å². The van der Waals surface area contributed by atoms with E-state index in [0.29, 0.717) is 37.7 Å². The van der Waals surface area contributed by atoms with Crippen LogP contribution in [0.1, 0.15) is 61.8 Å². The van der Waals surface area contributed by atoms with Crippen LogP contribution in [0.4, 0.5) is 4.79 Å². The molecular weight excluding hydrogens is 826 g/mol. The van der Waals surface area contributed by atoms with Crippen LogP contribution in [0.3, 0.4) is 0 Å². The Morgan fingerprint density at radius 1 is 0.613 bits per heavy atom. The summed E-state index contributed by atoms with van der Waals surface area (Å²) in [5.74, 6) is -0.100. The summed E-state index contributed by atoms with van der Waals surface area (Å²) in [7, 11) is 10.0. The Morgan fingerprint density at radius 2 is 0.935 bits per heavy atom. The number of carbonyl (C=O) groups excluding carboxylic acids is 1. The van der Waals surface area contributed by atoms with Crippen molar-refractivity contribution < 1.29 is 112 Å². The fraction of sp³-hybridized carbons (Fsp3) is 0.537. The van der Waals surface area contributed by atoms with Gasteiger partial charge in [0.2, 0.25) is 11.6 Å². The average molecular weight is 883 g/mol. The minimum absolute atomic E-state index is 0. The number of carboxylic acid groups (broad SMARTS) is 2. The maximum absolute atomic E-state index is 8.33. The quantitative estimate of drug-likeness (QED) is 0.0642. The summed E-state index contributed by atoms with van der Waals surface area (Å²) in [5.41, 5.74) is 6.00. The summed E-state index contributed by atoms with van der Waals surface area (Å²) in [6.45, 7) is 12.9. The van der Waals surface area contributed by atoms with E-state index in [2.05, 4.69) is 30.8 Å². The van der Waals surface area contributed by atoms with Gasteiger partial charge in [0.05, 0.1) is 27.3 Å². The number of aromatic nitrogens is 8. The maximum Gasteiger partial charge on any atom is 1.00 e. The van der Waals surface area contributed by atoms with Crippen LogP contribution < -0.4 is 78.8 Å². The molecule has 0 saturated heterocycles. The fourth-order valence-electron chi connectivity index (χ4n) is 6.69. The molecule has 21 heteroatoms. The Labute approximate surface area is 407 Å². The molecule has 4 unspecified atom stereocenters. The first-order valence-electron chi connectivity index (χ1n) is 19.2. The molecule has 0 spiro atoms. The van der Waals surface area contributed by atoms with Crippen molar-refractivity contribution in [3.05, 3.63) is 70.8 Å². The zero-order valence-electron chi connectivity index (χ0n) is 38.4. The number of hydrogen-bond acceptors (Lipinski definition) is 17. The summed E-state index contributed by atoms with van der Waals surface area (Å²) in [6.07, 6.45) is 8.12. The number of tetrazole rings is 2. The van der Waals surface area contributed by atoms with Crippen molar-refractivity contribution in [2.24, 2.45) is 14.1 Å². The summed E-state index contributed by atoms with van der Waals surface area (Å²) in [4.78, 5) is 11.2. The number of aryl methyl sites for hydroxylation is 6. The first-order valence-corrected chi connectivity index (χ1v) is 19.2. The normalized spacial score (nSPS) is 22.1. The molecule has 4 atom stereocenters. The SMILES string of the molecule is COC1(C)C=CC(CCCOc2c(C)cc(-c3nnn(C)n3)cc2C)(OC)O1.COC1(C)C=CC(CCCOc2c(C)cc(-c3nnn(C)n3)cc2C)(OC)O1.O=C([O-])[O-].[Na+].[Na+]. The van der Waals surface area contributed by atoms with E-state index in [4.69, 9.17) is 52.9 Å². The first kappa shape index (κ1) is 54.8. The Bertz CT molecular complexity index is 1940. The van der Waals surface area contributed by atoms with Crippen molar-refractivity contribution in [2.75, 3.05) is 41.7 Å². The predicted octanol–water partition coefficient (Wildman–Crippen LogP) is -2.55. The smallest absolute Gasteiger partial charge is 0.652 e. The van der Waals surface area contributed by atoms with Crippen molar-refractivity contribution in [1.29, 1.82) is 0 Å². The minimum atomic E-state index is -2.33. The van der Waals surface area contributed by atoms with Gasteiger partial charge in [-0.25, -0.2) is 0 Å². The van der Waals surface area contributed by atoms with Crippen LogP contribution in [0, 0.1) is 27.7 Å². The largest absolute Gasteiger partial charge is 1.00 e. The summed E-state index contributed by atoms with van der Waals surface area (Å²) >= 11 is 0. The molecule has 6 rings (SSSR count). The Morgan fingerprint density at radius 3 is 1.18 bits per heavy atom. The number of carbonyl (C=O) groups is 1. The molecule has 19 nitrogen and oxygen atoms in total. The average Bonchev–Trinajstić information content (AvgIpc) is 4.00. The number of hydrogen-bond donors (Lipinski definition) is 0. The van der Waals surface area contributed by atoms with E-state index in [9.17, 15) is 0 Å². The first-order chi connectivity index (χ1) is 28.3. The predicted molar refractivity (Wildman–Crippen MR) is 213 cm³/mol. The van der Waals surface area contributed by atoms with Crippen LogP contribution in [-0.2, 0) is 42.5 Å². The topological polar surface area (TPSA) is 224 Å². The molecule has 2 aliphatic heterocycles. The molecule has 0 bridgehead atoms. The second-order valence-corrected chi connectivity index (χ2v) is 14.6. The van der Waals surface area contributed by atoms with Gasteiger partial charge in [-0.05, 0) is 142 Å². The molecule has 0 amide bonds. The van der Waals surface area contributed by atoms with Crippen molar-refractivity contribution in [3.8, 4) is 34.3 Å². The molecule has 0 aliphatic carbocycles. The molecule has 328 valence electrons. The van der Waals surface area contributed by atoms with Gasteiger partial charge >= 0.3 is 59.1 Å².